The number of hydrogen-bond donors (Lipinski definition) is 1. The molecule has 10 heteroatoms. The summed E-state index contributed by atoms with van der Waals surface area (Å²) in [6, 6.07) is 11.9. The Kier molecular flexibility index (Phi) is 5.38. The Balaban J connectivity index is 1.35. The minimum Gasteiger partial charge on any atom is -0.459 e. The third kappa shape index (κ3) is 3.97. The molecule has 1 aromatic carbocycles. The van der Waals surface area contributed by atoms with E-state index in [1.54, 1.807) is 24.3 Å². The van der Waals surface area contributed by atoms with E-state index in [1.807, 2.05) is 17.5 Å². The summed E-state index contributed by atoms with van der Waals surface area (Å²) in [5.41, 5.74) is 1.63. The van der Waals surface area contributed by atoms with E-state index in [0.29, 0.717) is 53.0 Å². The number of furan rings is 1. The smallest absolute Gasteiger partial charge is 0.281 e. The lowest BCUT2D eigenvalue weighted by Gasteiger charge is -2.26. The van der Waals surface area contributed by atoms with Crippen molar-refractivity contribution >= 4 is 28.6 Å². The van der Waals surface area contributed by atoms with Gasteiger partial charge in [-0.3, -0.25) is 19.8 Å². The Hall–Kier alpha value is -3.27. The van der Waals surface area contributed by atoms with E-state index >= 15 is 0 Å². The zero-order valence-corrected chi connectivity index (χ0v) is 18.3. The van der Waals surface area contributed by atoms with Crippen LogP contribution in [-0.2, 0) is 19.5 Å². The molecule has 1 N–H and O–H groups in total. The maximum atomic E-state index is 12.7. The van der Waals surface area contributed by atoms with Crippen LogP contribution in [0.2, 0.25) is 5.02 Å². The normalized spacial score (nSPS) is 13.8. The van der Waals surface area contributed by atoms with Crippen LogP contribution in [0.15, 0.2) is 57.1 Å². The number of H-pyrrole nitrogens is 1. The van der Waals surface area contributed by atoms with Crippen LogP contribution in [-0.4, -0.2) is 26.3 Å². The minimum atomic E-state index is -0.477. The molecule has 3 aromatic heterocycles. The number of benzene rings is 1. The van der Waals surface area contributed by atoms with Crippen LogP contribution in [0.3, 0.4) is 0 Å². The van der Waals surface area contributed by atoms with Crippen molar-refractivity contribution in [3.63, 3.8) is 0 Å². The van der Waals surface area contributed by atoms with Crippen LogP contribution in [0.5, 0.6) is 0 Å². The van der Waals surface area contributed by atoms with Crippen molar-refractivity contribution in [2.45, 2.75) is 19.5 Å². The monoisotopic (exact) mass is 468 g/mol. The molecule has 0 radical (unpaired) electrons. The highest BCUT2D eigenvalue weighted by Gasteiger charge is 2.24. The number of aromatic amines is 1. The Morgan fingerprint density at radius 3 is 2.94 bits per heavy atom. The molecule has 0 spiro atoms. The van der Waals surface area contributed by atoms with Crippen molar-refractivity contribution in [1.29, 1.82) is 0 Å². The third-order valence-corrected chi connectivity index (χ3v) is 6.48. The number of nitro groups is 1. The van der Waals surface area contributed by atoms with Crippen molar-refractivity contribution in [2.24, 2.45) is 0 Å². The molecule has 0 saturated heterocycles. The van der Waals surface area contributed by atoms with Crippen LogP contribution in [0, 0.1) is 10.1 Å². The van der Waals surface area contributed by atoms with E-state index in [1.165, 1.54) is 17.4 Å². The van der Waals surface area contributed by atoms with Gasteiger partial charge in [0.25, 0.3) is 11.2 Å². The van der Waals surface area contributed by atoms with Crippen molar-refractivity contribution in [3.8, 4) is 22.0 Å². The summed E-state index contributed by atoms with van der Waals surface area (Å²) in [5, 5.41) is 13.6. The van der Waals surface area contributed by atoms with Crippen LogP contribution >= 0.6 is 22.9 Å². The van der Waals surface area contributed by atoms with E-state index in [9.17, 15) is 14.9 Å². The molecule has 0 saturated carbocycles. The lowest BCUT2D eigenvalue weighted by molar-refractivity contribution is -0.384. The van der Waals surface area contributed by atoms with Gasteiger partial charge in [-0.1, -0.05) is 17.7 Å². The third-order valence-electron chi connectivity index (χ3n) is 5.37. The molecule has 0 aliphatic carbocycles. The molecule has 162 valence electrons. The first-order valence-corrected chi connectivity index (χ1v) is 11.1. The predicted octanol–water partition coefficient (Wildman–Crippen LogP) is 4.88. The number of nitrogens with zero attached hydrogens (tertiary/aromatic N) is 3. The van der Waals surface area contributed by atoms with Crippen molar-refractivity contribution in [1.82, 2.24) is 14.9 Å². The van der Waals surface area contributed by atoms with E-state index in [4.69, 9.17) is 16.0 Å². The molecular weight excluding hydrogens is 452 g/mol. The largest absolute Gasteiger partial charge is 0.459 e. The van der Waals surface area contributed by atoms with Gasteiger partial charge in [-0.15, -0.1) is 11.3 Å². The van der Waals surface area contributed by atoms with Crippen molar-refractivity contribution in [2.75, 3.05) is 6.54 Å². The number of thiophene rings is 1. The summed E-state index contributed by atoms with van der Waals surface area (Å²) in [6.07, 6.45) is 0.661. The molecule has 8 nitrogen and oxygen atoms in total. The summed E-state index contributed by atoms with van der Waals surface area (Å²) in [6.45, 7) is 1.66. The Labute approximate surface area is 191 Å². The maximum absolute atomic E-state index is 12.7. The quantitative estimate of drug-likeness (QED) is 0.330. The molecule has 1 aliphatic rings. The molecule has 0 bridgehead atoms. The van der Waals surface area contributed by atoms with Crippen LogP contribution < -0.4 is 5.56 Å². The molecule has 32 heavy (non-hydrogen) atoms. The van der Waals surface area contributed by atoms with Gasteiger partial charge in [0, 0.05) is 30.6 Å². The molecule has 4 heterocycles. The van der Waals surface area contributed by atoms with Gasteiger partial charge in [0.1, 0.15) is 11.5 Å². The highest BCUT2D eigenvalue weighted by atomic mass is 35.5. The maximum Gasteiger partial charge on any atom is 0.281 e. The first kappa shape index (κ1) is 20.6. The second-order valence-electron chi connectivity index (χ2n) is 7.46. The van der Waals surface area contributed by atoms with Crippen LogP contribution in [0.4, 0.5) is 5.69 Å². The minimum absolute atomic E-state index is 0.107. The van der Waals surface area contributed by atoms with E-state index < -0.39 is 4.92 Å². The SMILES string of the molecule is O=c1[nH]c(-c2cccs2)nc2c1CN(Cc1ccc(-c3ccc(Cl)cc3[N+](=O)[O-])o1)CC2. The van der Waals surface area contributed by atoms with E-state index in [2.05, 4.69) is 14.9 Å². The first-order valence-electron chi connectivity index (χ1n) is 9.89. The molecule has 1 aliphatic heterocycles. The highest BCUT2D eigenvalue weighted by molar-refractivity contribution is 7.13. The molecule has 4 aromatic rings. The van der Waals surface area contributed by atoms with Gasteiger partial charge in [0.05, 0.1) is 33.2 Å². The Morgan fingerprint density at radius 2 is 2.16 bits per heavy atom. The lowest BCUT2D eigenvalue weighted by Crippen LogP contribution is -2.35. The zero-order valence-electron chi connectivity index (χ0n) is 16.7. The zero-order chi connectivity index (χ0) is 22.2. The molecule has 0 unspecified atom stereocenters. The summed E-state index contributed by atoms with van der Waals surface area (Å²) in [7, 11) is 0. The number of hydrogen-bond acceptors (Lipinski definition) is 7. The first-order chi connectivity index (χ1) is 15.5. The van der Waals surface area contributed by atoms with Gasteiger partial charge in [-0.05, 0) is 35.7 Å². The molecule has 0 amide bonds. The van der Waals surface area contributed by atoms with Gasteiger partial charge in [0.2, 0.25) is 0 Å². The van der Waals surface area contributed by atoms with Gasteiger partial charge in [-0.25, -0.2) is 4.98 Å². The van der Waals surface area contributed by atoms with Gasteiger partial charge in [-0.2, -0.15) is 0 Å². The second-order valence-corrected chi connectivity index (χ2v) is 8.85. The Morgan fingerprint density at radius 1 is 1.28 bits per heavy atom. The summed E-state index contributed by atoms with van der Waals surface area (Å²) in [4.78, 5) is 34.2. The van der Waals surface area contributed by atoms with Crippen molar-refractivity contribution in [3.05, 3.63) is 90.4 Å². The molecule has 0 fully saturated rings. The second kappa shape index (κ2) is 8.34. The van der Waals surface area contributed by atoms with E-state index in [0.717, 1.165) is 17.1 Å². The highest BCUT2D eigenvalue weighted by Crippen LogP contribution is 2.34. The number of nitro benzene ring substituents is 1. The van der Waals surface area contributed by atoms with Gasteiger partial charge < -0.3 is 9.40 Å². The van der Waals surface area contributed by atoms with Gasteiger partial charge >= 0.3 is 0 Å². The average Bonchev–Trinajstić information content (AvgIpc) is 3.46. The molecule has 5 rings (SSSR count). The van der Waals surface area contributed by atoms with Crippen LogP contribution in [0.25, 0.3) is 22.0 Å². The fraction of sp³-hybridized carbons (Fsp3) is 0.182. The average molecular weight is 469 g/mol. The summed E-state index contributed by atoms with van der Waals surface area (Å²) < 4.78 is 5.90. The summed E-state index contributed by atoms with van der Waals surface area (Å²) >= 11 is 7.44. The number of nitrogens with one attached hydrogen (secondary N) is 1. The lowest BCUT2D eigenvalue weighted by atomic mass is 10.1. The number of aromatic nitrogens is 2. The van der Waals surface area contributed by atoms with Gasteiger partial charge in [0.15, 0.2) is 5.82 Å². The van der Waals surface area contributed by atoms with E-state index in [-0.39, 0.29) is 11.2 Å². The predicted molar refractivity (Wildman–Crippen MR) is 122 cm³/mol. The number of rotatable bonds is 5. The topological polar surface area (TPSA) is 105 Å². The standard InChI is InChI=1S/C22H17ClN4O4S/c23-13-3-5-15(18(10-13)27(29)30)19-6-4-14(31-19)11-26-8-7-17-16(12-26)22(28)25-21(24-17)20-2-1-9-32-20/h1-6,9-10H,7-8,11-12H2,(H,24,25,28). The van der Waals surface area contributed by atoms with Crippen molar-refractivity contribution < 1.29 is 9.34 Å². The molecule has 0 atom stereocenters. The fourth-order valence-electron chi connectivity index (χ4n) is 3.84. The fourth-order valence-corrected chi connectivity index (χ4v) is 4.67. The summed E-state index contributed by atoms with van der Waals surface area (Å²) in [5.74, 6) is 1.67. The molecular formula is C22H17ClN4O4S. The Bertz CT molecular complexity index is 1360. The number of halogens is 1. The number of fused-ring (bicyclic) bond motifs is 1. The van der Waals surface area contributed by atoms with Crippen LogP contribution in [0.1, 0.15) is 17.0 Å².